The molecule has 0 aromatic heterocycles. The summed E-state index contributed by atoms with van der Waals surface area (Å²) in [5.74, 6) is 0.605. The molecule has 1 unspecified atom stereocenters. The highest BCUT2D eigenvalue weighted by Crippen LogP contribution is 2.23. The quantitative estimate of drug-likeness (QED) is 0.683. The summed E-state index contributed by atoms with van der Waals surface area (Å²) in [6.07, 6.45) is 1.73. The maximum atomic E-state index is 13.1. The number of alkyl halides is 1. The van der Waals surface area contributed by atoms with Crippen molar-refractivity contribution in [1.29, 1.82) is 0 Å². The van der Waals surface area contributed by atoms with Crippen LogP contribution in [0.1, 0.15) is 18.9 Å². The highest BCUT2D eigenvalue weighted by Gasteiger charge is 2.10. The Hall–Kier alpha value is -0.270. The van der Waals surface area contributed by atoms with Gasteiger partial charge in [-0.25, -0.2) is 4.39 Å². The summed E-state index contributed by atoms with van der Waals surface area (Å²) in [6.45, 7) is 2.07. The topological polar surface area (TPSA) is 0 Å². The van der Waals surface area contributed by atoms with Gasteiger partial charge in [-0.05, 0) is 24.0 Å². The van der Waals surface area contributed by atoms with Crippen molar-refractivity contribution in [3.63, 3.8) is 0 Å². The highest BCUT2D eigenvalue weighted by atomic mass is 35.5. The molecule has 0 aliphatic carbocycles. The zero-order chi connectivity index (χ0) is 10.6. The van der Waals surface area contributed by atoms with E-state index in [4.69, 9.17) is 23.2 Å². The smallest absolute Gasteiger partial charge is 0.142 e. The van der Waals surface area contributed by atoms with Gasteiger partial charge >= 0.3 is 0 Å². The fourth-order valence-corrected chi connectivity index (χ4v) is 1.86. The Labute approximate surface area is 94.0 Å². The second-order valence-corrected chi connectivity index (χ2v) is 4.03. The maximum Gasteiger partial charge on any atom is 0.142 e. The summed E-state index contributed by atoms with van der Waals surface area (Å²) in [6, 6.07) is 4.89. The number of rotatable bonds is 4. The van der Waals surface area contributed by atoms with Crippen molar-refractivity contribution >= 4 is 23.2 Å². The van der Waals surface area contributed by atoms with Gasteiger partial charge in [-0.1, -0.05) is 37.1 Å². The molecule has 0 spiro atoms. The SMILES string of the molecule is CCC(CCl)Cc1cccc(F)c1Cl. The molecule has 1 aromatic rings. The molecule has 0 N–H and O–H groups in total. The van der Waals surface area contributed by atoms with Gasteiger partial charge in [0.25, 0.3) is 0 Å². The van der Waals surface area contributed by atoms with Crippen LogP contribution in [0.5, 0.6) is 0 Å². The molecule has 1 aromatic carbocycles. The summed E-state index contributed by atoms with van der Waals surface area (Å²) in [7, 11) is 0. The Bertz CT molecular complexity index is 295. The van der Waals surface area contributed by atoms with Crippen LogP contribution in [-0.2, 0) is 6.42 Å². The summed E-state index contributed by atoms with van der Waals surface area (Å²) in [4.78, 5) is 0. The summed E-state index contributed by atoms with van der Waals surface area (Å²) >= 11 is 11.6. The second kappa shape index (κ2) is 5.57. The van der Waals surface area contributed by atoms with Crippen LogP contribution in [0.25, 0.3) is 0 Å². The third-order valence-electron chi connectivity index (χ3n) is 2.34. The molecule has 0 saturated heterocycles. The molecule has 78 valence electrons. The molecule has 14 heavy (non-hydrogen) atoms. The standard InChI is InChI=1S/C11H13Cl2F/c1-2-8(7-12)6-9-4-3-5-10(14)11(9)13/h3-5,8H,2,6-7H2,1H3. The van der Waals surface area contributed by atoms with Gasteiger partial charge in [0.1, 0.15) is 5.82 Å². The lowest BCUT2D eigenvalue weighted by Crippen LogP contribution is -2.05. The highest BCUT2D eigenvalue weighted by molar-refractivity contribution is 6.31. The molecule has 0 radical (unpaired) electrons. The minimum atomic E-state index is -0.353. The molecule has 0 nitrogen and oxygen atoms in total. The van der Waals surface area contributed by atoms with Crippen molar-refractivity contribution in [3.05, 3.63) is 34.6 Å². The predicted molar refractivity (Wildman–Crippen MR) is 59.6 cm³/mol. The number of benzene rings is 1. The first-order chi connectivity index (χ1) is 6.69. The van der Waals surface area contributed by atoms with Crippen molar-refractivity contribution in [2.75, 3.05) is 5.88 Å². The second-order valence-electron chi connectivity index (χ2n) is 3.35. The minimum absolute atomic E-state index is 0.232. The van der Waals surface area contributed by atoms with Gasteiger partial charge in [0.15, 0.2) is 0 Å². The summed E-state index contributed by atoms with van der Waals surface area (Å²) in [5.41, 5.74) is 0.846. The van der Waals surface area contributed by atoms with Crippen LogP contribution < -0.4 is 0 Å². The fraction of sp³-hybridized carbons (Fsp3) is 0.455. The van der Waals surface area contributed by atoms with E-state index in [0.29, 0.717) is 11.8 Å². The van der Waals surface area contributed by atoms with E-state index in [1.807, 2.05) is 6.07 Å². The number of hydrogen-bond donors (Lipinski definition) is 0. The van der Waals surface area contributed by atoms with Crippen molar-refractivity contribution in [2.24, 2.45) is 5.92 Å². The minimum Gasteiger partial charge on any atom is -0.205 e. The van der Waals surface area contributed by atoms with Gasteiger partial charge in [0.2, 0.25) is 0 Å². The van der Waals surface area contributed by atoms with E-state index in [-0.39, 0.29) is 10.8 Å². The Balaban J connectivity index is 2.80. The van der Waals surface area contributed by atoms with Crippen LogP contribution in [0.3, 0.4) is 0 Å². The molecular formula is C11H13Cl2F. The number of halogens is 3. The lowest BCUT2D eigenvalue weighted by Gasteiger charge is -2.12. The molecule has 0 bridgehead atoms. The third kappa shape index (κ3) is 2.86. The van der Waals surface area contributed by atoms with Crippen LogP contribution in [0.15, 0.2) is 18.2 Å². The van der Waals surface area contributed by atoms with E-state index in [1.165, 1.54) is 6.07 Å². The average Bonchev–Trinajstić information content (AvgIpc) is 2.20. The zero-order valence-corrected chi connectivity index (χ0v) is 9.58. The van der Waals surface area contributed by atoms with E-state index in [2.05, 4.69) is 6.92 Å². The lowest BCUT2D eigenvalue weighted by molar-refractivity contribution is 0.561. The molecule has 0 saturated carbocycles. The van der Waals surface area contributed by atoms with Gasteiger partial charge < -0.3 is 0 Å². The van der Waals surface area contributed by atoms with Crippen molar-refractivity contribution < 1.29 is 4.39 Å². The van der Waals surface area contributed by atoms with Crippen molar-refractivity contribution in [1.82, 2.24) is 0 Å². The van der Waals surface area contributed by atoms with Crippen LogP contribution in [-0.4, -0.2) is 5.88 Å². The molecule has 0 aliphatic rings. The Kier molecular flexibility index (Phi) is 4.70. The van der Waals surface area contributed by atoms with E-state index in [9.17, 15) is 4.39 Å². The molecule has 1 rings (SSSR count). The average molecular weight is 235 g/mol. The van der Waals surface area contributed by atoms with Gasteiger partial charge in [-0.15, -0.1) is 11.6 Å². The fourth-order valence-electron chi connectivity index (χ4n) is 1.33. The van der Waals surface area contributed by atoms with Gasteiger partial charge in [-0.3, -0.25) is 0 Å². The van der Waals surface area contributed by atoms with E-state index >= 15 is 0 Å². The van der Waals surface area contributed by atoms with Gasteiger partial charge in [-0.2, -0.15) is 0 Å². The predicted octanol–water partition coefficient (Wildman–Crippen LogP) is 4.29. The molecule has 0 heterocycles. The molecule has 3 heteroatoms. The number of hydrogen-bond acceptors (Lipinski definition) is 0. The normalized spacial score (nSPS) is 12.9. The lowest BCUT2D eigenvalue weighted by atomic mass is 9.99. The molecular weight excluding hydrogens is 222 g/mol. The van der Waals surface area contributed by atoms with Crippen LogP contribution >= 0.6 is 23.2 Å². The Morgan fingerprint density at radius 3 is 2.71 bits per heavy atom. The summed E-state index contributed by atoms with van der Waals surface area (Å²) in [5, 5.41) is 0.232. The van der Waals surface area contributed by atoms with E-state index < -0.39 is 0 Å². The summed E-state index contributed by atoms with van der Waals surface area (Å²) < 4.78 is 13.1. The Morgan fingerprint density at radius 1 is 1.43 bits per heavy atom. The van der Waals surface area contributed by atoms with Crippen molar-refractivity contribution in [2.45, 2.75) is 19.8 Å². The largest absolute Gasteiger partial charge is 0.205 e. The van der Waals surface area contributed by atoms with Gasteiger partial charge in [0, 0.05) is 5.88 Å². The first-order valence-corrected chi connectivity index (χ1v) is 5.59. The first kappa shape index (κ1) is 11.8. The zero-order valence-electron chi connectivity index (χ0n) is 8.06. The molecule has 1 atom stereocenters. The van der Waals surface area contributed by atoms with Gasteiger partial charge in [0.05, 0.1) is 5.02 Å². The molecule has 0 aliphatic heterocycles. The van der Waals surface area contributed by atoms with Crippen LogP contribution in [0, 0.1) is 11.7 Å². The molecule has 0 amide bonds. The third-order valence-corrected chi connectivity index (χ3v) is 3.20. The first-order valence-electron chi connectivity index (χ1n) is 4.67. The molecule has 0 fully saturated rings. The van der Waals surface area contributed by atoms with Crippen LogP contribution in [0.4, 0.5) is 4.39 Å². The maximum absolute atomic E-state index is 13.1. The van der Waals surface area contributed by atoms with E-state index in [1.54, 1.807) is 6.07 Å². The van der Waals surface area contributed by atoms with Crippen LogP contribution in [0.2, 0.25) is 5.02 Å². The van der Waals surface area contributed by atoms with Crippen molar-refractivity contribution in [3.8, 4) is 0 Å². The van der Waals surface area contributed by atoms with E-state index in [0.717, 1.165) is 18.4 Å². The Morgan fingerprint density at radius 2 is 2.14 bits per heavy atom. The monoisotopic (exact) mass is 234 g/mol.